The molecule has 0 spiro atoms. The van der Waals surface area contributed by atoms with Crippen molar-refractivity contribution >= 4 is 24.0 Å². The van der Waals surface area contributed by atoms with Crippen LogP contribution in [0.3, 0.4) is 0 Å². The predicted octanol–water partition coefficient (Wildman–Crippen LogP) is 1.62. The van der Waals surface area contributed by atoms with Crippen LogP contribution in [-0.2, 0) is 0 Å². The van der Waals surface area contributed by atoms with Gasteiger partial charge in [0.1, 0.15) is 11.2 Å². The summed E-state index contributed by atoms with van der Waals surface area (Å²) in [6.45, 7) is 5.12. The van der Waals surface area contributed by atoms with E-state index in [0.717, 1.165) is 18.4 Å². The maximum atomic E-state index is 12.8. The highest BCUT2D eigenvalue weighted by Crippen LogP contribution is 2.23. The zero-order valence-corrected chi connectivity index (χ0v) is 14.8. The molecule has 2 aromatic rings. The van der Waals surface area contributed by atoms with E-state index in [1.165, 1.54) is 10.6 Å². The highest BCUT2D eigenvalue weighted by atomic mass is 35.5. The van der Waals surface area contributed by atoms with Crippen molar-refractivity contribution in [2.45, 2.75) is 32.7 Å². The van der Waals surface area contributed by atoms with Crippen LogP contribution < -0.4 is 11.3 Å². The zero-order valence-electron chi connectivity index (χ0n) is 13.9. The monoisotopic (exact) mass is 350 g/mol. The standard InChI is InChI=1S/C17H22N4O2.ClH/c1-11-5-6-20(13(7-11)8-18)16(22)14-9-19-15-4-3-12(2)10-21(15)17(14)23;/h3-4,9-11,13H,5-8,18H2,1-2H3;1H. The highest BCUT2D eigenvalue weighted by Gasteiger charge is 2.31. The van der Waals surface area contributed by atoms with Gasteiger partial charge in [0.2, 0.25) is 0 Å². The smallest absolute Gasteiger partial charge is 0.270 e. The number of piperidine rings is 1. The van der Waals surface area contributed by atoms with Crippen molar-refractivity contribution < 1.29 is 4.79 Å². The summed E-state index contributed by atoms with van der Waals surface area (Å²) in [6, 6.07) is 3.65. The lowest BCUT2D eigenvalue weighted by atomic mass is 9.92. The van der Waals surface area contributed by atoms with Gasteiger partial charge in [0.25, 0.3) is 11.5 Å². The molecular formula is C17H23ClN4O2. The van der Waals surface area contributed by atoms with Crippen LogP contribution >= 0.6 is 12.4 Å². The zero-order chi connectivity index (χ0) is 16.6. The molecule has 2 aromatic heterocycles. The van der Waals surface area contributed by atoms with Gasteiger partial charge in [-0.15, -0.1) is 12.4 Å². The molecule has 130 valence electrons. The van der Waals surface area contributed by atoms with Gasteiger partial charge in [0, 0.05) is 31.5 Å². The topological polar surface area (TPSA) is 80.7 Å². The lowest BCUT2D eigenvalue weighted by Crippen LogP contribution is -2.50. The molecule has 1 fully saturated rings. The molecule has 1 aliphatic heterocycles. The lowest BCUT2D eigenvalue weighted by Gasteiger charge is -2.37. The van der Waals surface area contributed by atoms with E-state index in [0.29, 0.717) is 24.7 Å². The van der Waals surface area contributed by atoms with Crippen LogP contribution in [0.5, 0.6) is 0 Å². The third kappa shape index (κ3) is 3.30. The van der Waals surface area contributed by atoms with E-state index in [4.69, 9.17) is 5.73 Å². The Morgan fingerprint density at radius 3 is 2.88 bits per heavy atom. The summed E-state index contributed by atoms with van der Waals surface area (Å²) in [6.07, 6.45) is 4.91. The fourth-order valence-corrected chi connectivity index (χ4v) is 3.23. The van der Waals surface area contributed by atoms with Crippen LogP contribution in [-0.4, -0.2) is 39.3 Å². The van der Waals surface area contributed by atoms with Crippen molar-refractivity contribution in [2.75, 3.05) is 13.1 Å². The summed E-state index contributed by atoms with van der Waals surface area (Å²) in [5, 5.41) is 0. The second-order valence-corrected chi connectivity index (χ2v) is 6.43. The number of rotatable bonds is 2. The Labute approximate surface area is 147 Å². The fraction of sp³-hybridized carbons (Fsp3) is 0.471. The van der Waals surface area contributed by atoms with Crippen molar-refractivity contribution in [3.05, 3.63) is 46.0 Å². The predicted molar refractivity (Wildman–Crippen MR) is 95.7 cm³/mol. The molecule has 2 atom stereocenters. The summed E-state index contributed by atoms with van der Waals surface area (Å²) >= 11 is 0. The summed E-state index contributed by atoms with van der Waals surface area (Å²) in [4.78, 5) is 31.5. The highest BCUT2D eigenvalue weighted by molar-refractivity contribution is 5.94. The molecule has 2 unspecified atom stereocenters. The average molecular weight is 351 g/mol. The molecule has 1 aliphatic rings. The Morgan fingerprint density at radius 1 is 1.42 bits per heavy atom. The van der Waals surface area contributed by atoms with E-state index >= 15 is 0 Å². The minimum Gasteiger partial charge on any atom is -0.334 e. The molecule has 7 heteroatoms. The van der Waals surface area contributed by atoms with Gasteiger partial charge < -0.3 is 10.6 Å². The summed E-state index contributed by atoms with van der Waals surface area (Å²) in [5.41, 5.74) is 7.10. The van der Waals surface area contributed by atoms with E-state index in [1.807, 2.05) is 13.0 Å². The SMILES string of the molecule is Cc1ccc2ncc(C(=O)N3CCC(C)CC3CN)c(=O)n2c1.Cl. The molecule has 3 rings (SSSR count). The first-order valence-electron chi connectivity index (χ1n) is 8.00. The van der Waals surface area contributed by atoms with Crippen molar-refractivity contribution in [1.82, 2.24) is 14.3 Å². The molecule has 0 radical (unpaired) electrons. The Morgan fingerprint density at radius 2 is 2.17 bits per heavy atom. The Kier molecular flexibility index (Phi) is 5.62. The van der Waals surface area contributed by atoms with Gasteiger partial charge in [0.15, 0.2) is 0 Å². The molecule has 2 N–H and O–H groups in total. The number of carbonyl (C=O) groups excluding carboxylic acids is 1. The van der Waals surface area contributed by atoms with Gasteiger partial charge in [0.05, 0.1) is 0 Å². The number of hydrogen-bond acceptors (Lipinski definition) is 4. The molecule has 0 bridgehead atoms. The summed E-state index contributed by atoms with van der Waals surface area (Å²) in [7, 11) is 0. The number of aromatic nitrogens is 2. The first kappa shape index (κ1) is 18.4. The van der Waals surface area contributed by atoms with Crippen LogP contribution in [0.2, 0.25) is 0 Å². The van der Waals surface area contributed by atoms with Gasteiger partial charge >= 0.3 is 0 Å². The lowest BCUT2D eigenvalue weighted by molar-refractivity contribution is 0.0571. The van der Waals surface area contributed by atoms with Gasteiger partial charge in [-0.25, -0.2) is 4.98 Å². The summed E-state index contributed by atoms with van der Waals surface area (Å²) < 4.78 is 1.44. The van der Waals surface area contributed by atoms with Crippen LogP contribution in [0.4, 0.5) is 0 Å². The number of aryl methyl sites for hydroxylation is 1. The Balaban J connectivity index is 0.00000208. The molecule has 24 heavy (non-hydrogen) atoms. The maximum absolute atomic E-state index is 12.8. The van der Waals surface area contributed by atoms with Gasteiger partial charge in [-0.3, -0.25) is 14.0 Å². The summed E-state index contributed by atoms with van der Waals surface area (Å²) in [5.74, 6) is 0.284. The van der Waals surface area contributed by atoms with E-state index in [2.05, 4.69) is 11.9 Å². The normalized spacial score (nSPS) is 20.7. The number of hydrogen-bond donors (Lipinski definition) is 1. The molecule has 6 nitrogen and oxygen atoms in total. The van der Waals surface area contributed by atoms with Gasteiger partial charge in [-0.2, -0.15) is 0 Å². The molecule has 1 amide bonds. The minimum atomic E-state index is -0.321. The first-order valence-corrected chi connectivity index (χ1v) is 8.00. The molecule has 0 aromatic carbocycles. The Hall–Kier alpha value is -1.92. The van der Waals surface area contributed by atoms with Crippen molar-refractivity contribution in [3.8, 4) is 0 Å². The molecule has 3 heterocycles. The van der Waals surface area contributed by atoms with Crippen molar-refractivity contribution in [2.24, 2.45) is 11.7 Å². The number of nitrogens with two attached hydrogens (primary N) is 1. The number of likely N-dealkylation sites (tertiary alicyclic amines) is 1. The van der Waals surface area contributed by atoms with Crippen LogP contribution in [0, 0.1) is 12.8 Å². The molecule has 0 aliphatic carbocycles. The van der Waals surface area contributed by atoms with Gasteiger partial charge in [-0.05, 0) is 37.3 Å². The Bertz CT molecular complexity index is 805. The fourth-order valence-electron chi connectivity index (χ4n) is 3.23. The molecule has 1 saturated heterocycles. The number of halogens is 1. The number of carbonyl (C=O) groups is 1. The maximum Gasteiger partial charge on any atom is 0.270 e. The van der Waals surface area contributed by atoms with Crippen molar-refractivity contribution in [1.29, 1.82) is 0 Å². The van der Waals surface area contributed by atoms with E-state index in [1.54, 1.807) is 17.2 Å². The minimum absolute atomic E-state index is 0. The van der Waals surface area contributed by atoms with Crippen molar-refractivity contribution in [3.63, 3.8) is 0 Å². The van der Waals surface area contributed by atoms with E-state index < -0.39 is 0 Å². The second kappa shape index (κ2) is 7.32. The average Bonchev–Trinajstić information content (AvgIpc) is 2.55. The molecule has 0 saturated carbocycles. The van der Waals surface area contributed by atoms with E-state index in [-0.39, 0.29) is 35.5 Å². The number of fused-ring (bicyclic) bond motifs is 1. The number of nitrogens with zero attached hydrogens (tertiary/aromatic N) is 3. The van der Waals surface area contributed by atoms with Crippen LogP contribution in [0.1, 0.15) is 35.7 Å². The van der Waals surface area contributed by atoms with Gasteiger partial charge in [-0.1, -0.05) is 13.0 Å². The van der Waals surface area contributed by atoms with Crippen LogP contribution in [0.15, 0.2) is 29.3 Å². The quantitative estimate of drug-likeness (QED) is 0.892. The molecular weight excluding hydrogens is 328 g/mol. The third-order valence-electron chi connectivity index (χ3n) is 4.59. The number of pyridine rings is 1. The van der Waals surface area contributed by atoms with Crippen LogP contribution in [0.25, 0.3) is 5.65 Å². The second-order valence-electron chi connectivity index (χ2n) is 6.43. The third-order valence-corrected chi connectivity index (χ3v) is 4.59. The van der Waals surface area contributed by atoms with E-state index in [9.17, 15) is 9.59 Å². The largest absolute Gasteiger partial charge is 0.334 e. The number of amides is 1. The first-order chi connectivity index (χ1) is 11.0.